The van der Waals surface area contributed by atoms with Gasteiger partial charge in [-0.3, -0.25) is 4.79 Å². The molecule has 0 bridgehead atoms. The molecule has 1 atom stereocenters. The van der Waals surface area contributed by atoms with Crippen LogP contribution < -0.4 is 0 Å². The van der Waals surface area contributed by atoms with Gasteiger partial charge in [0.15, 0.2) is 0 Å². The van der Waals surface area contributed by atoms with E-state index in [1.54, 1.807) is 6.92 Å². The average Bonchev–Trinajstić information content (AvgIpc) is 2.36. The maximum Gasteiger partial charge on any atom is 0.332 e. The number of hydrogen-bond acceptors (Lipinski definition) is 2. The summed E-state index contributed by atoms with van der Waals surface area (Å²) in [5, 5.41) is 18.5. The van der Waals surface area contributed by atoms with Crippen molar-refractivity contribution in [3.8, 4) is 0 Å². The summed E-state index contributed by atoms with van der Waals surface area (Å²) in [5.74, 6) is -3.01. The summed E-state index contributed by atoms with van der Waals surface area (Å²) in [4.78, 5) is 22.5. The molecule has 0 spiro atoms. The van der Waals surface area contributed by atoms with Crippen molar-refractivity contribution in [3.63, 3.8) is 0 Å². The van der Waals surface area contributed by atoms with Crippen molar-refractivity contribution in [1.29, 1.82) is 0 Å². The van der Waals surface area contributed by atoms with E-state index < -0.39 is 17.9 Å². The summed E-state index contributed by atoms with van der Waals surface area (Å²) < 4.78 is 0. The lowest BCUT2D eigenvalue weighted by Crippen LogP contribution is -2.22. The molecule has 0 aromatic rings. The molecule has 0 fully saturated rings. The van der Waals surface area contributed by atoms with Crippen LogP contribution in [0.1, 0.15) is 65.7 Å². The first kappa shape index (κ1) is 17.7. The van der Waals surface area contributed by atoms with Crippen LogP contribution in [0.3, 0.4) is 0 Å². The molecule has 0 aliphatic rings. The highest BCUT2D eigenvalue weighted by Crippen LogP contribution is 2.25. The highest BCUT2D eigenvalue weighted by atomic mass is 16.4. The Balaban J connectivity index is 5.07. The monoisotopic (exact) mass is 270 g/mol. The van der Waals surface area contributed by atoms with E-state index in [9.17, 15) is 14.7 Å². The molecule has 0 radical (unpaired) electrons. The van der Waals surface area contributed by atoms with E-state index in [1.165, 1.54) is 0 Å². The van der Waals surface area contributed by atoms with Crippen LogP contribution in [0.25, 0.3) is 0 Å². The van der Waals surface area contributed by atoms with Gasteiger partial charge < -0.3 is 10.2 Å². The summed E-state index contributed by atoms with van der Waals surface area (Å²) >= 11 is 0. The second-order valence-corrected chi connectivity index (χ2v) is 4.79. The van der Waals surface area contributed by atoms with Crippen molar-refractivity contribution in [3.05, 3.63) is 11.1 Å². The average molecular weight is 270 g/mol. The molecule has 0 saturated heterocycles. The Morgan fingerprint density at radius 3 is 2.00 bits per heavy atom. The zero-order chi connectivity index (χ0) is 14.8. The quantitative estimate of drug-likeness (QED) is 0.467. The van der Waals surface area contributed by atoms with Crippen LogP contribution in [0.4, 0.5) is 0 Å². The Labute approximate surface area is 115 Å². The van der Waals surface area contributed by atoms with E-state index >= 15 is 0 Å². The normalized spacial score (nSPS) is 13.8. The van der Waals surface area contributed by atoms with Gasteiger partial charge in [0.2, 0.25) is 0 Å². The summed E-state index contributed by atoms with van der Waals surface area (Å²) in [6.07, 6.45) is 5.88. The first-order chi connectivity index (χ1) is 8.99. The van der Waals surface area contributed by atoms with E-state index in [0.717, 1.165) is 31.3 Å². The molecule has 0 aliphatic carbocycles. The first-order valence-corrected chi connectivity index (χ1v) is 7.17. The standard InChI is InChI=1S/C15H26O4/c1-4-7-8-9-10-11(5-2)13(15(18)19)12(6-3)14(16)17/h12H,4-10H2,1-3H3,(H,16,17)(H,18,19). The van der Waals surface area contributed by atoms with Crippen LogP contribution in [0.5, 0.6) is 0 Å². The van der Waals surface area contributed by atoms with E-state index in [0.29, 0.717) is 19.3 Å². The van der Waals surface area contributed by atoms with Crippen LogP contribution in [-0.2, 0) is 9.59 Å². The van der Waals surface area contributed by atoms with Crippen LogP contribution in [0, 0.1) is 5.92 Å². The lowest BCUT2D eigenvalue weighted by molar-refractivity contribution is -0.144. The van der Waals surface area contributed by atoms with Crippen molar-refractivity contribution in [2.45, 2.75) is 65.7 Å². The predicted molar refractivity (Wildman–Crippen MR) is 75.1 cm³/mol. The van der Waals surface area contributed by atoms with Gasteiger partial charge in [-0.05, 0) is 25.7 Å². The fraction of sp³-hybridized carbons (Fsp3) is 0.733. The third-order valence-electron chi connectivity index (χ3n) is 3.42. The molecule has 0 aromatic carbocycles. The first-order valence-electron chi connectivity index (χ1n) is 7.17. The minimum Gasteiger partial charge on any atom is -0.481 e. The highest BCUT2D eigenvalue weighted by Gasteiger charge is 2.28. The molecule has 0 saturated carbocycles. The number of aliphatic carboxylic acids is 2. The Bertz CT molecular complexity index is 331. The molecule has 1 unspecified atom stereocenters. The maximum atomic E-state index is 11.4. The number of rotatable bonds is 10. The second kappa shape index (κ2) is 9.59. The number of unbranched alkanes of at least 4 members (excludes halogenated alkanes) is 3. The van der Waals surface area contributed by atoms with Gasteiger partial charge in [-0.1, -0.05) is 45.6 Å². The lowest BCUT2D eigenvalue weighted by Gasteiger charge is -2.16. The molecule has 4 heteroatoms. The molecular formula is C15H26O4. The predicted octanol–water partition coefficient (Wildman–Crippen LogP) is 3.86. The van der Waals surface area contributed by atoms with Crippen molar-refractivity contribution in [2.24, 2.45) is 5.92 Å². The molecule has 0 rings (SSSR count). The molecule has 110 valence electrons. The molecule has 0 aliphatic heterocycles. The summed E-state index contributed by atoms with van der Waals surface area (Å²) in [6.45, 7) is 5.73. The van der Waals surface area contributed by atoms with Gasteiger partial charge in [-0.15, -0.1) is 0 Å². The maximum absolute atomic E-state index is 11.4. The third-order valence-corrected chi connectivity index (χ3v) is 3.42. The van der Waals surface area contributed by atoms with Gasteiger partial charge in [0.05, 0.1) is 11.5 Å². The zero-order valence-corrected chi connectivity index (χ0v) is 12.2. The van der Waals surface area contributed by atoms with Gasteiger partial charge in [0.1, 0.15) is 0 Å². The van der Waals surface area contributed by atoms with Crippen molar-refractivity contribution in [2.75, 3.05) is 0 Å². The fourth-order valence-corrected chi connectivity index (χ4v) is 2.32. The van der Waals surface area contributed by atoms with Crippen LogP contribution in [0.15, 0.2) is 11.1 Å². The molecule has 0 amide bonds. The molecule has 0 aromatic heterocycles. The number of carboxylic acids is 2. The topological polar surface area (TPSA) is 74.6 Å². The number of hydrogen-bond donors (Lipinski definition) is 2. The summed E-state index contributed by atoms with van der Waals surface area (Å²) in [5.41, 5.74) is 0.895. The largest absolute Gasteiger partial charge is 0.481 e. The minimum absolute atomic E-state index is 0.106. The second-order valence-electron chi connectivity index (χ2n) is 4.79. The summed E-state index contributed by atoms with van der Waals surface area (Å²) in [7, 11) is 0. The molecular weight excluding hydrogens is 244 g/mol. The molecule has 4 nitrogen and oxygen atoms in total. The summed E-state index contributed by atoms with van der Waals surface area (Å²) in [6, 6.07) is 0. The smallest absolute Gasteiger partial charge is 0.332 e. The van der Waals surface area contributed by atoms with Gasteiger partial charge in [-0.25, -0.2) is 4.79 Å². The number of allylic oxidation sites excluding steroid dienone is 1. The van der Waals surface area contributed by atoms with Gasteiger partial charge in [0.25, 0.3) is 0 Å². The fourth-order valence-electron chi connectivity index (χ4n) is 2.32. The Morgan fingerprint density at radius 2 is 1.63 bits per heavy atom. The lowest BCUT2D eigenvalue weighted by atomic mass is 9.88. The zero-order valence-electron chi connectivity index (χ0n) is 12.2. The van der Waals surface area contributed by atoms with Gasteiger partial charge in [0, 0.05) is 0 Å². The van der Waals surface area contributed by atoms with E-state index in [1.807, 2.05) is 6.92 Å². The van der Waals surface area contributed by atoms with E-state index in [-0.39, 0.29) is 5.57 Å². The number of carboxylic acid groups (broad SMARTS) is 2. The van der Waals surface area contributed by atoms with Gasteiger partial charge >= 0.3 is 11.9 Å². The molecule has 19 heavy (non-hydrogen) atoms. The Hall–Kier alpha value is -1.32. The van der Waals surface area contributed by atoms with Crippen molar-refractivity contribution in [1.82, 2.24) is 0 Å². The Kier molecular flexibility index (Phi) is 8.92. The number of carbonyl (C=O) groups is 2. The minimum atomic E-state index is -1.08. The van der Waals surface area contributed by atoms with Crippen LogP contribution in [0.2, 0.25) is 0 Å². The van der Waals surface area contributed by atoms with Crippen molar-refractivity contribution < 1.29 is 19.8 Å². The third kappa shape index (κ3) is 5.90. The van der Waals surface area contributed by atoms with Crippen LogP contribution in [-0.4, -0.2) is 22.2 Å². The SMILES string of the molecule is CCCCCCC(CC)=C(C(=O)O)C(CC)C(=O)O. The van der Waals surface area contributed by atoms with Gasteiger partial charge in [-0.2, -0.15) is 0 Å². The van der Waals surface area contributed by atoms with E-state index in [4.69, 9.17) is 5.11 Å². The van der Waals surface area contributed by atoms with Crippen molar-refractivity contribution >= 4 is 11.9 Å². The van der Waals surface area contributed by atoms with Crippen LogP contribution >= 0.6 is 0 Å². The molecule has 2 N–H and O–H groups in total. The highest BCUT2D eigenvalue weighted by molar-refractivity contribution is 5.94. The Morgan fingerprint density at radius 1 is 1.00 bits per heavy atom. The van der Waals surface area contributed by atoms with E-state index in [2.05, 4.69) is 6.92 Å². The molecule has 0 heterocycles.